The summed E-state index contributed by atoms with van der Waals surface area (Å²) in [6, 6.07) is 14.5. The van der Waals surface area contributed by atoms with E-state index in [0.29, 0.717) is 14.5 Å². The van der Waals surface area contributed by atoms with E-state index in [1.54, 1.807) is 24.3 Å². The van der Waals surface area contributed by atoms with Gasteiger partial charge >= 0.3 is 117 Å². The Morgan fingerprint density at radius 3 is 1.32 bits per heavy atom. The van der Waals surface area contributed by atoms with E-state index in [1.165, 1.54) is 11.1 Å². The number of phenols is 2. The molecule has 0 amide bonds. The van der Waals surface area contributed by atoms with Crippen LogP contribution in [0.25, 0.3) is 22.3 Å². The first-order valence-electron chi connectivity index (χ1n) is 5.89. The summed E-state index contributed by atoms with van der Waals surface area (Å²) in [5.41, 5.74) is 4.62. The van der Waals surface area contributed by atoms with Gasteiger partial charge in [-0.2, -0.15) is 0 Å². The molecule has 0 bridgehead atoms. The number of aromatic hydroxyl groups is 2. The summed E-state index contributed by atoms with van der Waals surface area (Å²) in [6.45, 7) is 0. The average Bonchev–Trinajstić information content (AvgIpc) is 2.90. The van der Waals surface area contributed by atoms with Gasteiger partial charge in [-0.25, -0.2) is 0 Å². The van der Waals surface area contributed by atoms with Crippen LogP contribution in [-0.2, 0) is 0 Å². The fraction of sp³-hybridized carbons (Fsp3) is 0. The normalized spacial score (nSPS) is 10.5. The summed E-state index contributed by atoms with van der Waals surface area (Å²) in [6.07, 6.45) is 0. The number of rotatable bonds is 2. The van der Waals surface area contributed by atoms with Crippen LogP contribution in [0, 0.1) is 0 Å². The van der Waals surface area contributed by atoms with Gasteiger partial charge in [0.25, 0.3) is 0 Å². The molecule has 0 radical (unpaired) electrons. The van der Waals surface area contributed by atoms with Crippen LogP contribution in [0.2, 0.25) is 0 Å². The van der Waals surface area contributed by atoms with Gasteiger partial charge < -0.3 is 0 Å². The Labute approximate surface area is 117 Å². The maximum atomic E-state index is 9.35. The second kappa shape index (κ2) is 4.96. The molecule has 1 heterocycles. The van der Waals surface area contributed by atoms with E-state index < -0.39 is 0 Å². The Balaban J connectivity index is 2.07. The zero-order valence-electron chi connectivity index (χ0n) is 10.1. The van der Waals surface area contributed by atoms with Crippen LogP contribution < -0.4 is 0 Å². The van der Waals surface area contributed by atoms with E-state index in [0.717, 1.165) is 11.1 Å². The van der Waals surface area contributed by atoms with Crippen LogP contribution in [0.15, 0.2) is 58.4 Å². The van der Waals surface area contributed by atoms with Gasteiger partial charge in [-0.3, -0.25) is 0 Å². The molecule has 2 nitrogen and oxygen atoms in total. The monoisotopic (exact) mass is 316 g/mol. The minimum absolute atomic E-state index is 0.281. The predicted molar refractivity (Wildman–Crippen MR) is 77.6 cm³/mol. The van der Waals surface area contributed by atoms with Crippen LogP contribution in [-0.4, -0.2) is 24.7 Å². The first-order valence-corrected chi connectivity index (χ1v) is 7.87. The van der Waals surface area contributed by atoms with E-state index >= 15 is 0 Å². The van der Waals surface area contributed by atoms with Crippen molar-refractivity contribution in [3.05, 3.63) is 58.4 Å². The Bertz CT molecular complexity index is 622. The average molecular weight is 315 g/mol. The molecule has 1 aromatic heterocycles. The van der Waals surface area contributed by atoms with Gasteiger partial charge in [0, 0.05) is 0 Å². The third-order valence-corrected chi connectivity index (χ3v) is 4.58. The molecule has 0 unspecified atom stereocenters. The van der Waals surface area contributed by atoms with Crippen LogP contribution in [0.5, 0.6) is 11.5 Å². The third-order valence-electron chi connectivity index (χ3n) is 3.02. The number of phenolic OH excluding ortho intramolecular Hbond substituents is 2. The molecule has 3 rings (SSSR count). The Hall–Kier alpha value is -1.96. The van der Waals surface area contributed by atoms with Gasteiger partial charge in [-0.1, -0.05) is 0 Å². The van der Waals surface area contributed by atoms with Crippen molar-refractivity contribution in [1.82, 2.24) is 0 Å². The van der Waals surface area contributed by atoms with Crippen molar-refractivity contribution in [3.8, 4) is 33.8 Å². The predicted octanol–water partition coefficient (Wildman–Crippen LogP) is 3.49. The van der Waals surface area contributed by atoms with Gasteiger partial charge in [0.2, 0.25) is 0 Å². The number of hydrogen-bond acceptors (Lipinski definition) is 2. The first kappa shape index (κ1) is 12.1. The standard InChI is InChI=1S/C16H12O2Se/c17-13-5-1-11(2-6-13)15-9-19-10-16(15)12-3-7-14(18)8-4-12/h1-10,17-18H. The second-order valence-electron chi connectivity index (χ2n) is 4.29. The Kier molecular flexibility index (Phi) is 3.16. The fourth-order valence-electron chi connectivity index (χ4n) is 2.03. The molecule has 2 N–H and O–H groups in total. The molecule has 0 saturated carbocycles. The van der Waals surface area contributed by atoms with Crippen LogP contribution >= 0.6 is 0 Å². The molecule has 0 spiro atoms. The van der Waals surface area contributed by atoms with Crippen LogP contribution in [0.1, 0.15) is 0 Å². The maximum absolute atomic E-state index is 9.35. The van der Waals surface area contributed by atoms with Crippen LogP contribution in [0.4, 0.5) is 0 Å². The molecule has 0 aliphatic heterocycles. The topological polar surface area (TPSA) is 40.5 Å². The molecule has 3 heteroatoms. The SMILES string of the molecule is Oc1ccc(-c2c[se]cc2-c2ccc(O)cc2)cc1. The molecule has 2 aromatic carbocycles. The van der Waals surface area contributed by atoms with Crippen LogP contribution in [0.3, 0.4) is 0 Å². The molecular weight excluding hydrogens is 303 g/mol. The zero-order chi connectivity index (χ0) is 13.2. The molecule has 0 atom stereocenters. The fourth-order valence-corrected chi connectivity index (χ4v) is 3.84. The summed E-state index contributed by atoms with van der Waals surface area (Å²) in [5.74, 6) is 0.561. The van der Waals surface area contributed by atoms with Crippen molar-refractivity contribution in [2.24, 2.45) is 0 Å². The van der Waals surface area contributed by atoms with Crippen molar-refractivity contribution in [2.45, 2.75) is 0 Å². The number of benzene rings is 2. The van der Waals surface area contributed by atoms with Crippen molar-refractivity contribution in [3.63, 3.8) is 0 Å². The summed E-state index contributed by atoms with van der Waals surface area (Å²) >= 11 is 0.362. The Morgan fingerprint density at radius 2 is 0.947 bits per heavy atom. The molecule has 0 saturated heterocycles. The summed E-state index contributed by atoms with van der Waals surface area (Å²) in [4.78, 5) is 4.48. The van der Waals surface area contributed by atoms with Crippen molar-refractivity contribution < 1.29 is 10.2 Å². The van der Waals surface area contributed by atoms with Crippen molar-refractivity contribution in [2.75, 3.05) is 0 Å². The summed E-state index contributed by atoms with van der Waals surface area (Å²) in [7, 11) is 0. The van der Waals surface area contributed by atoms with Gasteiger partial charge in [0.1, 0.15) is 0 Å². The molecule has 94 valence electrons. The van der Waals surface area contributed by atoms with Crippen molar-refractivity contribution in [1.29, 1.82) is 0 Å². The Morgan fingerprint density at radius 1 is 0.579 bits per heavy atom. The minimum atomic E-state index is 0.281. The van der Waals surface area contributed by atoms with Crippen molar-refractivity contribution >= 4 is 14.5 Å². The molecule has 19 heavy (non-hydrogen) atoms. The first-order chi connectivity index (χ1) is 9.24. The van der Waals surface area contributed by atoms with Gasteiger partial charge in [-0.05, 0) is 0 Å². The van der Waals surface area contributed by atoms with Gasteiger partial charge in [0.15, 0.2) is 0 Å². The zero-order valence-corrected chi connectivity index (χ0v) is 11.8. The molecule has 0 aliphatic rings. The van der Waals surface area contributed by atoms with E-state index in [4.69, 9.17) is 0 Å². The van der Waals surface area contributed by atoms with Gasteiger partial charge in [0.05, 0.1) is 0 Å². The van der Waals surface area contributed by atoms with Gasteiger partial charge in [-0.15, -0.1) is 0 Å². The molecule has 0 aliphatic carbocycles. The van der Waals surface area contributed by atoms with E-state index in [1.807, 2.05) is 24.3 Å². The second-order valence-corrected chi connectivity index (χ2v) is 5.85. The van der Waals surface area contributed by atoms with E-state index in [9.17, 15) is 10.2 Å². The van der Waals surface area contributed by atoms with E-state index in [-0.39, 0.29) is 11.5 Å². The number of hydrogen-bond donors (Lipinski definition) is 2. The molecular formula is C16H12O2Se. The third kappa shape index (κ3) is 2.43. The summed E-state index contributed by atoms with van der Waals surface area (Å²) < 4.78 is 0. The quantitative estimate of drug-likeness (QED) is 0.711. The molecule has 3 aromatic rings. The summed E-state index contributed by atoms with van der Waals surface area (Å²) in [5, 5.41) is 18.7. The van der Waals surface area contributed by atoms with E-state index in [2.05, 4.69) is 9.88 Å². The molecule has 0 fully saturated rings.